The summed E-state index contributed by atoms with van der Waals surface area (Å²) in [5.41, 5.74) is 1.97. The average Bonchev–Trinajstić information content (AvgIpc) is 2.86. The highest BCUT2D eigenvalue weighted by molar-refractivity contribution is 7.19. The predicted molar refractivity (Wildman–Crippen MR) is 85.6 cm³/mol. The molecular weight excluding hydrogens is 286 g/mol. The van der Waals surface area contributed by atoms with Crippen molar-refractivity contribution in [1.82, 2.24) is 10.3 Å². The standard InChI is InChI=1S/C15H19N3O2S/c1-3-12(9-19)17-14(20)18-15-16-10(2)13(21-15)11-7-5-4-6-8-11/h4-8,12,19H,3,9H2,1-2H3,(H2,16,17,18,20). The molecule has 1 heterocycles. The van der Waals surface area contributed by atoms with Gasteiger partial charge in [-0.05, 0) is 18.9 Å². The molecule has 0 fully saturated rings. The molecule has 112 valence electrons. The number of benzene rings is 1. The van der Waals surface area contributed by atoms with E-state index in [1.807, 2.05) is 44.2 Å². The summed E-state index contributed by atoms with van der Waals surface area (Å²) in [7, 11) is 0. The van der Waals surface area contributed by atoms with E-state index in [0.29, 0.717) is 11.6 Å². The number of aliphatic hydroxyl groups excluding tert-OH is 1. The molecule has 0 aliphatic carbocycles. The van der Waals surface area contributed by atoms with Crippen LogP contribution >= 0.6 is 11.3 Å². The van der Waals surface area contributed by atoms with E-state index in [9.17, 15) is 4.79 Å². The number of aryl methyl sites for hydroxylation is 1. The Labute approximate surface area is 128 Å². The molecule has 2 aromatic rings. The molecule has 0 saturated carbocycles. The van der Waals surface area contributed by atoms with E-state index in [0.717, 1.165) is 16.1 Å². The second-order valence-corrected chi connectivity index (χ2v) is 5.68. The maximum atomic E-state index is 11.8. The number of aliphatic hydroxyl groups is 1. The van der Waals surface area contributed by atoms with Crippen LogP contribution in [0.15, 0.2) is 30.3 Å². The fourth-order valence-electron chi connectivity index (χ4n) is 1.90. The van der Waals surface area contributed by atoms with Crippen LogP contribution in [0.5, 0.6) is 0 Å². The molecule has 0 spiro atoms. The Hall–Kier alpha value is -1.92. The molecule has 1 atom stereocenters. The zero-order valence-electron chi connectivity index (χ0n) is 12.1. The molecule has 0 aliphatic heterocycles. The average molecular weight is 305 g/mol. The first-order valence-corrected chi connectivity index (χ1v) is 7.67. The molecule has 1 unspecified atom stereocenters. The van der Waals surface area contributed by atoms with E-state index in [4.69, 9.17) is 5.11 Å². The molecule has 5 nitrogen and oxygen atoms in total. The molecule has 21 heavy (non-hydrogen) atoms. The Morgan fingerprint density at radius 1 is 1.38 bits per heavy atom. The third-order valence-corrected chi connectivity index (χ3v) is 4.22. The fraction of sp³-hybridized carbons (Fsp3) is 0.333. The number of nitrogens with one attached hydrogen (secondary N) is 2. The maximum Gasteiger partial charge on any atom is 0.321 e. The van der Waals surface area contributed by atoms with E-state index >= 15 is 0 Å². The Kier molecular flexibility index (Phi) is 5.30. The van der Waals surface area contributed by atoms with Crippen molar-refractivity contribution in [3.8, 4) is 10.4 Å². The summed E-state index contributed by atoms with van der Waals surface area (Å²) in [5, 5.41) is 15.1. The lowest BCUT2D eigenvalue weighted by Crippen LogP contribution is -2.39. The minimum absolute atomic E-state index is 0.0733. The Bertz CT molecular complexity index is 594. The summed E-state index contributed by atoms with van der Waals surface area (Å²) in [6, 6.07) is 9.37. The Morgan fingerprint density at radius 3 is 2.71 bits per heavy atom. The number of thiazole rings is 1. The summed E-state index contributed by atoms with van der Waals surface area (Å²) in [6.07, 6.45) is 0.677. The number of hydrogen-bond acceptors (Lipinski definition) is 4. The highest BCUT2D eigenvalue weighted by Crippen LogP contribution is 2.32. The molecule has 1 aromatic heterocycles. The van der Waals surface area contributed by atoms with Gasteiger partial charge in [0.25, 0.3) is 0 Å². The largest absolute Gasteiger partial charge is 0.394 e. The van der Waals surface area contributed by atoms with Crippen LogP contribution in [-0.2, 0) is 0 Å². The van der Waals surface area contributed by atoms with Crippen LogP contribution < -0.4 is 10.6 Å². The first kappa shape index (κ1) is 15.5. The molecule has 0 saturated heterocycles. The van der Waals surface area contributed by atoms with Crippen LogP contribution in [0.4, 0.5) is 9.93 Å². The van der Waals surface area contributed by atoms with Gasteiger partial charge in [-0.2, -0.15) is 0 Å². The number of anilines is 1. The second kappa shape index (κ2) is 7.19. The number of carbonyl (C=O) groups is 1. The molecule has 6 heteroatoms. The van der Waals surface area contributed by atoms with Crippen molar-refractivity contribution in [2.24, 2.45) is 0 Å². The number of hydrogen-bond donors (Lipinski definition) is 3. The minimum Gasteiger partial charge on any atom is -0.394 e. The number of nitrogens with zero attached hydrogens (tertiary/aromatic N) is 1. The highest BCUT2D eigenvalue weighted by Gasteiger charge is 2.13. The van der Waals surface area contributed by atoms with Gasteiger partial charge in [0.15, 0.2) is 5.13 Å². The number of carbonyl (C=O) groups excluding carboxylic acids is 1. The maximum absolute atomic E-state index is 11.8. The highest BCUT2D eigenvalue weighted by atomic mass is 32.1. The third-order valence-electron chi connectivity index (χ3n) is 3.10. The van der Waals surface area contributed by atoms with E-state index in [2.05, 4.69) is 15.6 Å². The molecule has 2 rings (SSSR count). The second-order valence-electron chi connectivity index (χ2n) is 4.69. The number of aromatic nitrogens is 1. The molecule has 2 amide bonds. The van der Waals surface area contributed by atoms with Crippen molar-refractivity contribution in [1.29, 1.82) is 0 Å². The van der Waals surface area contributed by atoms with Gasteiger partial charge < -0.3 is 10.4 Å². The van der Waals surface area contributed by atoms with Gasteiger partial charge in [-0.25, -0.2) is 9.78 Å². The van der Waals surface area contributed by atoms with Gasteiger partial charge in [0.05, 0.1) is 23.2 Å². The first-order valence-electron chi connectivity index (χ1n) is 6.85. The van der Waals surface area contributed by atoms with Gasteiger partial charge in [-0.3, -0.25) is 5.32 Å². The summed E-state index contributed by atoms with van der Waals surface area (Å²) in [6.45, 7) is 3.75. The van der Waals surface area contributed by atoms with Crippen molar-refractivity contribution in [2.75, 3.05) is 11.9 Å². The Balaban J connectivity index is 2.07. The minimum atomic E-state index is -0.343. The fourth-order valence-corrected chi connectivity index (χ4v) is 2.87. The lowest BCUT2D eigenvalue weighted by molar-refractivity contribution is 0.222. The van der Waals surface area contributed by atoms with Crippen molar-refractivity contribution in [3.05, 3.63) is 36.0 Å². The van der Waals surface area contributed by atoms with E-state index in [1.165, 1.54) is 11.3 Å². The number of urea groups is 1. The van der Waals surface area contributed by atoms with Crippen LogP contribution in [0.1, 0.15) is 19.0 Å². The molecule has 0 bridgehead atoms. The van der Waals surface area contributed by atoms with Gasteiger partial charge in [0.2, 0.25) is 0 Å². The zero-order valence-corrected chi connectivity index (χ0v) is 12.9. The molecule has 1 aromatic carbocycles. The van der Waals surface area contributed by atoms with Crippen LogP contribution in [0.25, 0.3) is 10.4 Å². The topological polar surface area (TPSA) is 74.2 Å². The normalized spacial score (nSPS) is 12.0. The van der Waals surface area contributed by atoms with Crippen LogP contribution in [0.3, 0.4) is 0 Å². The van der Waals surface area contributed by atoms with Crippen LogP contribution in [-0.4, -0.2) is 28.8 Å². The SMILES string of the molecule is CCC(CO)NC(=O)Nc1nc(C)c(-c2ccccc2)s1. The van der Waals surface area contributed by atoms with Crippen LogP contribution in [0.2, 0.25) is 0 Å². The zero-order chi connectivity index (χ0) is 15.2. The van der Waals surface area contributed by atoms with Gasteiger partial charge in [-0.15, -0.1) is 0 Å². The van der Waals surface area contributed by atoms with Gasteiger partial charge in [0, 0.05) is 0 Å². The molecular formula is C15H19N3O2S. The summed E-state index contributed by atoms with van der Waals surface area (Å²) in [4.78, 5) is 17.2. The quantitative estimate of drug-likeness (QED) is 0.795. The van der Waals surface area contributed by atoms with E-state index < -0.39 is 0 Å². The van der Waals surface area contributed by atoms with Crippen molar-refractivity contribution in [2.45, 2.75) is 26.3 Å². The lowest BCUT2D eigenvalue weighted by Gasteiger charge is -2.13. The third kappa shape index (κ3) is 4.03. The van der Waals surface area contributed by atoms with Gasteiger partial charge >= 0.3 is 6.03 Å². The smallest absolute Gasteiger partial charge is 0.321 e. The number of rotatable bonds is 5. The first-order chi connectivity index (χ1) is 10.1. The van der Waals surface area contributed by atoms with Crippen molar-refractivity contribution in [3.63, 3.8) is 0 Å². The lowest BCUT2D eigenvalue weighted by atomic mass is 10.2. The molecule has 0 aliphatic rings. The monoisotopic (exact) mass is 305 g/mol. The summed E-state index contributed by atoms with van der Waals surface area (Å²) in [5.74, 6) is 0. The van der Waals surface area contributed by atoms with Gasteiger partial charge in [-0.1, -0.05) is 48.6 Å². The summed E-state index contributed by atoms with van der Waals surface area (Å²) < 4.78 is 0. The van der Waals surface area contributed by atoms with E-state index in [1.54, 1.807) is 0 Å². The van der Waals surface area contributed by atoms with Crippen molar-refractivity contribution < 1.29 is 9.90 Å². The number of amides is 2. The van der Waals surface area contributed by atoms with Gasteiger partial charge in [0.1, 0.15) is 0 Å². The molecule has 3 N–H and O–H groups in total. The van der Waals surface area contributed by atoms with E-state index in [-0.39, 0.29) is 18.7 Å². The Morgan fingerprint density at radius 2 is 2.10 bits per heavy atom. The van der Waals surface area contributed by atoms with Crippen molar-refractivity contribution >= 4 is 22.5 Å². The predicted octanol–water partition coefficient (Wildman–Crippen LogP) is 3.01. The van der Waals surface area contributed by atoms with Crippen LogP contribution in [0, 0.1) is 6.92 Å². The molecule has 0 radical (unpaired) electrons. The summed E-state index contributed by atoms with van der Waals surface area (Å²) >= 11 is 1.44.